The molecule has 72 valence electrons. The summed E-state index contributed by atoms with van der Waals surface area (Å²) in [6, 6.07) is 0. The van der Waals surface area contributed by atoms with Crippen LogP contribution in [0.4, 0.5) is 0 Å². The number of rotatable bonds is 1. The predicted molar refractivity (Wildman–Crippen MR) is 54.5 cm³/mol. The maximum Gasteiger partial charge on any atom is 0.142 e. The molecule has 1 saturated heterocycles. The molecular formula is C9H9ClN4. The van der Waals surface area contributed by atoms with Gasteiger partial charge in [-0.1, -0.05) is 11.6 Å². The summed E-state index contributed by atoms with van der Waals surface area (Å²) in [7, 11) is 0. The highest BCUT2D eigenvalue weighted by Gasteiger charge is 2.23. The molecule has 1 fully saturated rings. The summed E-state index contributed by atoms with van der Waals surface area (Å²) in [5, 5.41) is 4.75. The molecule has 3 heterocycles. The monoisotopic (exact) mass is 208 g/mol. The van der Waals surface area contributed by atoms with E-state index in [4.69, 9.17) is 11.6 Å². The minimum absolute atomic E-state index is 0.540. The van der Waals surface area contributed by atoms with Crippen molar-refractivity contribution in [2.24, 2.45) is 0 Å². The van der Waals surface area contributed by atoms with Crippen molar-refractivity contribution in [2.45, 2.75) is 5.92 Å². The minimum Gasteiger partial charge on any atom is -0.346 e. The lowest BCUT2D eigenvalue weighted by Crippen LogP contribution is -2.39. The van der Waals surface area contributed by atoms with Gasteiger partial charge in [-0.15, -0.1) is 0 Å². The molecule has 2 N–H and O–H groups in total. The van der Waals surface area contributed by atoms with Crippen molar-refractivity contribution in [1.82, 2.24) is 20.3 Å². The summed E-state index contributed by atoms with van der Waals surface area (Å²) >= 11 is 6.04. The van der Waals surface area contributed by atoms with Crippen LogP contribution in [0.15, 0.2) is 12.5 Å². The van der Waals surface area contributed by atoms with Crippen LogP contribution in [0.1, 0.15) is 11.5 Å². The Kier molecular flexibility index (Phi) is 1.72. The van der Waals surface area contributed by atoms with Gasteiger partial charge in [0.25, 0.3) is 0 Å². The van der Waals surface area contributed by atoms with Crippen LogP contribution in [0.2, 0.25) is 5.15 Å². The van der Waals surface area contributed by atoms with Gasteiger partial charge in [0.05, 0.1) is 5.39 Å². The summed E-state index contributed by atoms with van der Waals surface area (Å²) < 4.78 is 0. The normalized spacial score (nSPS) is 17.2. The third kappa shape index (κ3) is 1.04. The first-order chi connectivity index (χ1) is 6.86. The molecule has 1 aliphatic heterocycles. The number of hydrogen-bond acceptors (Lipinski definition) is 3. The molecule has 1 aliphatic rings. The zero-order chi connectivity index (χ0) is 9.54. The van der Waals surface area contributed by atoms with E-state index in [0.29, 0.717) is 11.1 Å². The molecule has 5 heteroatoms. The van der Waals surface area contributed by atoms with Crippen molar-refractivity contribution in [3.63, 3.8) is 0 Å². The zero-order valence-corrected chi connectivity index (χ0v) is 8.17. The van der Waals surface area contributed by atoms with Crippen molar-refractivity contribution in [1.29, 1.82) is 0 Å². The Bertz CT molecular complexity index is 475. The van der Waals surface area contributed by atoms with Gasteiger partial charge in [-0.3, -0.25) is 0 Å². The lowest BCUT2D eigenvalue weighted by molar-refractivity contribution is 0.451. The topological polar surface area (TPSA) is 53.6 Å². The van der Waals surface area contributed by atoms with E-state index in [1.54, 1.807) is 0 Å². The van der Waals surface area contributed by atoms with Crippen molar-refractivity contribution in [2.75, 3.05) is 13.1 Å². The van der Waals surface area contributed by atoms with Gasteiger partial charge in [0.15, 0.2) is 0 Å². The highest BCUT2D eigenvalue weighted by molar-refractivity contribution is 6.34. The number of fused-ring (bicyclic) bond motifs is 1. The fraction of sp³-hybridized carbons (Fsp3) is 0.333. The van der Waals surface area contributed by atoms with E-state index in [-0.39, 0.29) is 0 Å². The van der Waals surface area contributed by atoms with E-state index >= 15 is 0 Å². The molecule has 0 spiro atoms. The maximum absolute atomic E-state index is 6.04. The average molecular weight is 209 g/mol. The number of H-pyrrole nitrogens is 1. The smallest absolute Gasteiger partial charge is 0.142 e. The molecule has 0 aromatic carbocycles. The summed E-state index contributed by atoms with van der Waals surface area (Å²) in [5.74, 6) is 0.548. The Labute approximate surface area is 85.7 Å². The van der Waals surface area contributed by atoms with Gasteiger partial charge >= 0.3 is 0 Å². The van der Waals surface area contributed by atoms with E-state index in [1.807, 2.05) is 6.20 Å². The first-order valence-electron chi connectivity index (χ1n) is 4.54. The number of aromatic amines is 1. The molecular weight excluding hydrogens is 200 g/mol. The molecule has 0 amide bonds. The number of aromatic nitrogens is 3. The highest BCUT2D eigenvalue weighted by Crippen LogP contribution is 2.30. The molecule has 0 unspecified atom stereocenters. The van der Waals surface area contributed by atoms with E-state index in [0.717, 1.165) is 24.1 Å². The van der Waals surface area contributed by atoms with Crippen molar-refractivity contribution in [3.05, 3.63) is 23.2 Å². The fourth-order valence-corrected chi connectivity index (χ4v) is 2.02. The quantitative estimate of drug-likeness (QED) is 0.695. The first-order valence-corrected chi connectivity index (χ1v) is 4.92. The summed E-state index contributed by atoms with van der Waals surface area (Å²) in [5.41, 5.74) is 2.05. The SMILES string of the molecule is Clc1ncnc2[nH]cc(C3CNC3)c12. The Balaban J connectivity index is 2.23. The van der Waals surface area contributed by atoms with E-state index in [2.05, 4.69) is 20.3 Å². The zero-order valence-electron chi connectivity index (χ0n) is 7.42. The molecule has 14 heavy (non-hydrogen) atoms. The van der Waals surface area contributed by atoms with Crippen LogP contribution in [-0.2, 0) is 0 Å². The number of nitrogens with zero attached hydrogens (tertiary/aromatic N) is 2. The second kappa shape index (κ2) is 2.93. The van der Waals surface area contributed by atoms with Crippen LogP contribution < -0.4 is 5.32 Å². The van der Waals surface area contributed by atoms with Crippen molar-refractivity contribution < 1.29 is 0 Å². The van der Waals surface area contributed by atoms with E-state index in [9.17, 15) is 0 Å². The van der Waals surface area contributed by atoms with Crippen molar-refractivity contribution >= 4 is 22.6 Å². The third-order valence-corrected chi connectivity index (χ3v) is 2.96. The van der Waals surface area contributed by atoms with E-state index < -0.39 is 0 Å². The molecule has 0 radical (unpaired) electrons. The largest absolute Gasteiger partial charge is 0.346 e. The van der Waals surface area contributed by atoms with Gasteiger partial charge < -0.3 is 10.3 Å². The second-order valence-electron chi connectivity index (χ2n) is 3.49. The highest BCUT2D eigenvalue weighted by atomic mass is 35.5. The molecule has 0 aliphatic carbocycles. The average Bonchev–Trinajstić information content (AvgIpc) is 2.47. The molecule has 0 saturated carbocycles. The van der Waals surface area contributed by atoms with Crippen LogP contribution in [0.5, 0.6) is 0 Å². The van der Waals surface area contributed by atoms with Crippen LogP contribution in [-0.4, -0.2) is 28.0 Å². The van der Waals surface area contributed by atoms with Crippen LogP contribution >= 0.6 is 11.6 Å². The maximum atomic E-state index is 6.04. The minimum atomic E-state index is 0.540. The van der Waals surface area contributed by atoms with Gasteiger partial charge in [0, 0.05) is 25.2 Å². The summed E-state index contributed by atoms with van der Waals surface area (Å²) in [6.07, 6.45) is 3.46. The Morgan fingerprint density at radius 1 is 1.36 bits per heavy atom. The number of hydrogen-bond donors (Lipinski definition) is 2. The second-order valence-corrected chi connectivity index (χ2v) is 3.85. The van der Waals surface area contributed by atoms with Gasteiger partial charge in [-0.25, -0.2) is 9.97 Å². The van der Waals surface area contributed by atoms with Crippen LogP contribution in [0, 0.1) is 0 Å². The van der Waals surface area contributed by atoms with Crippen molar-refractivity contribution in [3.8, 4) is 0 Å². The van der Waals surface area contributed by atoms with E-state index in [1.165, 1.54) is 11.9 Å². The molecule has 3 rings (SSSR count). The first kappa shape index (κ1) is 8.20. The Morgan fingerprint density at radius 3 is 2.93 bits per heavy atom. The molecule has 0 bridgehead atoms. The standard InChI is InChI=1S/C9H9ClN4/c10-8-7-6(5-1-11-2-5)3-12-9(7)14-4-13-8/h3-5,11H,1-2H2,(H,12,13,14). The number of nitrogens with one attached hydrogen (secondary N) is 2. The molecule has 4 nitrogen and oxygen atoms in total. The lowest BCUT2D eigenvalue weighted by atomic mass is 9.94. The predicted octanol–water partition coefficient (Wildman–Crippen LogP) is 1.30. The summed E-state index contributed by atoms with van der Waals surface area (Å²) in [4.78, 5) is 11.2. The van der Waals surface area contributed by atoms with Crippen LogP contribution in [0.25, 0.3) is 11.0 Å². The fourth-order valence-electron chi connectivity index (χ4n) is 1.78. The molecule has 2 aromatic heterocycles. The molecule has 2 aromatic rings. The van der Waals surface area contributed by atoms with Crippen LogP contribution in [0.3, 0.4) is 0 Å². The van der Waals surface area contributed by atoms with Gasteiger partial charge in [-0.2, -0.15) is 0 Å². The number of halogens is 1. The van der Waals surface area contributed by atoms with Gasteiger partial charge in [0.2, 0.25) is 0 Å². The Morgan fingerprint density at radius 2 is 2.21 bits per heavy atom. The van der Waals surface area contributed by atoms with Gasteiger partial charge in [-0.05, 0) is 5.56 Å². The summed E-state index contributed by atoms with van der Waals surface area (Å²) in [6.45, 7) is 2.02. The van der Waals surface area contributed by atoms with Gasteiger partial charge in [0.1, 0.15) is 17.1 Å². The lowest BCUT2D eigenvalue weighted by Gasteiger charge is -2.26. The Hall–Kier alpha value is -1.13. The molecule has 0 atom stereocenters. The third-order valence-electron chi connectivity index (χ3n) is 2.68.